The monoisotopic (exact) mass is 312 g/mol. The van der Waals surface area contributed by atoms with Gasteiger partial charge in [-0.05, 0) is 34.7 Å². The van der Waals surface area contributed by atoms with Gasteiger partial charge in [-0.25, -0.2) is 0 Å². The van der Waals surface area contributed by atoms with Gasteiger partial charge in [0.15, 0.2) is 0 Å². The van der Waals surface area contributed by atoms with Crippen molar-refractivity contribution in [2.75, 3.05) is 0 Å². The average Bonchev–Trinajstić information content (AvgIpc) is 2.95. The van der Waals surface area contributed by atoms with Crippen LogP contribution in [0.5, 0.6) is 0 Å². The molecule has 24 heavy (non-hydrogen) atoms. The van der Waals surface area contributed by atoms with E-state index in [0.717, 1.165) is 0 Å². The number of fused-ring (bicyclic) bond motifs is 3. The normalized spacial score (nSPS) is 14.0. The summed E-state index contributed by atoms with van der Waals surface area (Å²) in [7, 11) is 0. The van der Waals surface area contributed by atoms with Gasteiger partial charge in [0.2, 0.25) is 0 Å². The average molecular weight is 312 g/mol. The Morgan fingerprint density at radius 3 is 1.83 bits per heavy atom. The third kappa shape index (κ3) is 2.46. The highest BCUT2D eigenvalue weighted by atomic mass is 16.1. The Bertz CT molecular complexity index is 834. The number of ketones is 1. The molecule has 0 amide bonds. The molecule has 0 saturated heterocycles. The lowest BCUT2D eigenvalue weighted by atomic mass is 9.77. The number of carbonyl (C=O) groups excluding carboxylic acids is 1. The van der Waals surface area contributed by atoms with E-state index in [-0.39, 0.29) is 17.6 Å². The van der Waals surface area contributed by atoms with Crippen LogP contribution in [0.1, 0.15) is 41.9 Å². The second kappa shape index (κ2) is 6.09. The lowest BCUT2D eigenvalue weighted by Crippen LogP contribution is -2.14. The molecule has 0 unspecified atom stereocenters. The highest BCUT2D eigenvalue weighted by Crippen LogP contribution is 2.51. The number of rotatable bonds is 4. The molecule has 0 N–H and O–H groups in total. The molecule has 0 aliphatic heterocycles. The van der Waals surface area contributed by atoms with Crippen molar-refractivity contribution in [2.45, 2.75) is 25.2 Å². The van der Waals surface area contributed by atoms with Crippen LogP contribution < -0.4 is 0 Å². The Labute approximate surface area is 143 Å². The predicted molar refractivity (Wildman–Crippen MR) is 98.2 cm³/mol. The second-order valence-corrected chi connectivity index (χ2v) is 6.58. The molecule has 1 aliphatic rings. The van der Waals surface area contributed by atoms with Gasteiger partial charge in [0.05, 0.1) is 0 Å². The highest BCUT2D eigenvalue weighted by molar-refractivity contribution is 5.81. The van der Waals surface area contributed by atoms with E-state index in [0.29, 0.717) is 6.42 Å². The Morgan fingerprint density at radius 2 is 1.29 bits per heavy atom. The molecule has 0 radical (unpaired) electrons. The van der Waals surface area contributed by atoms with Crippen LogP contribution in [0, 0.1) is 0 Å². The first-order chi connectivity index (χ1) is 11.8. The molecule has 1 nitrogen and oxygen atoms in total. The van der Waals surface area contributed by atoms with Gasteiger partial charge in [0.25, 0.3) is 0 Å². The molecule has 1 atom stereocenters. The SMILES string of the molecule is CC(=O)C[C@H](c1ccccc1)C1c2ccccc2-c2ccccc21. The molecule has 1 aliphatic carbocycles. The summed E-state index contributed by atoms with van der Waals surface area (Å²) in [4.78, 5) is 12.0. The third-order valence-corrected chi connectivity index (χ3v) is 5.02. The summed E-state index contributed by atoms with van der Waals surface area (Å²) in [5.41, 5.74) is 6.54. The molecule has 0 fully saturated rings. The maximum atomic E-state index is 12.0. The third-order valence-electron chi connectivity index (χ3n) is 5.02. The molecular formula is C23H20O. The molecule has 0 aromatic heterocycles. The van der Waals surface area contributed by atoms with Crippen molar-refractivity contribution in [3.8, 4) is 11.1 Å². The van der Waals surface area contributed by atoms with Crippen LogP contribution in [-0.2, 0) is 4.79 Å². The summed E-state index contributed by atoms with van der Waals surface area (Å²) in [5, 5.41) is 0. The lowest BCUT2D eigenvalue weighted by Gasteiger charge is -2.25. The number of carbonyl (C=O) groups is 1. The number of Topliss-reactive ketones (excluding diaryl/α,β-unsaturated/α-hetero) is 1. The van der Waals surface area contributed by atoms with Crippen molar-refractivity contribution >= 4 is 5.78 Å². The van der Waals surface area contributed by atoms with E-state index < -0.39 is 0 Å². The topological polar surface area (TPSA) is 17.1 Å². The van der Waals surface area contributed by atoms with E-state index in [9.17, 15) is 4.79 Å². The molecule has 3 aromatic carbocycles. The van der Waals surface area contributed by atoms with Crippen LogP contribution in [0.4, 0.5) is 0 Å². The Morgan fingerprint density at radius 1 is 0.792 bits per heavy atom. The molecule has 1 heteroatoms. The number of hydrogen-bond donors (Lipinski definition) is 0. The predicted octanol–water partition coefficient (Wildman–Crippen LogP) is 5.56. The summed E-state index contributed by atoms with van der Waals surface area (Å²) in [6.45, 7) is 1.70. The Hall–Kier alpha value is -2.67. The zero-order chi connectivity index (χ0) is 16.5. The first-order valence-corrected chi connectivity index (χ1v) is 8.48. The van der Waals surface area contributed by atoms with Crippen molar-refractivity contribution in [2.24, 2.45) is 0 Å². The Balaban J connectivity index is 1.91. The maximum Gasteiger partial charge on any atom is 0.130 e. The number of benzene rings is 3. The molecule has 0 bridgehead atoms. The van der Waals surface area contributed by atoms with E-state index in [1.807, 2.05) is 6.07 Å². The van der Waals surface area contributed by atoms with Gasteiger partial charge in [0.1, 0.15) is 5.78 Å². The van der Waals surface area contributed by atoms with Crippen LogP contribution >= 0.6 is 0 Å². The van der Waals surface area contributed by atoms with Crippen molar-refractivity contribution in [1.29, 1.82) is 0 Å². The molecule has 0 heterocycles. The summed E-state index contributed by atoms with van der Waals surface area (Å²) >= 11 is 0. The molecule has 118 valence electrons. The summed E-state index contributed by atoms with van der Waals surface area (Å²) in [5.74, 6) is 0.655. The minimum Gasteiger partial charge on any atom is -0.300 e. The molecule has 3 aromatic rings. The second-order valence-electron chi connectivity index (χ2n) is 6.58. The van der Waals surface area contributed by atoms with Gasteiger partial charge in [0, 0.05) is 18.3 Å². The quantitative estimate of drug-likeness (QED) is 0.616. The fraction of sp³-hybridized carbons (Fsp3) is 0.174. The minimum absolute atomic E-state index is 0.175. The van der Waals surface area contributed by atoms with Gasteiger partial charge in [-0.15, -0.1) is 0 Å². The molecule has 0 saturated carbocycles. The van der Waals surface area contributed by atoms with Crippen molar-refractivity contribution in [3.05, 3.63) is 95.6 Å². The van der Waals surface area contributed by atoms with Gasteiger partial charge < -0.3 is 4.79 Å². The first-order valence-electron chi connectivity index (χ1n) is 8.48. The van der Waals surface area contributed by atoms with E-state index >= 15 is 0 Å². The van der Waals surface area contributed by atoms with Crippen LogP contribution in [0.25, 0.3) is 11.1 Å². The zero-order valence-electron chi connectivity index (χ0n) is 13.8. The summed E-state index contributed by atoms with van der Waals surface area (Å²) < 4.78 is 0. The van der Waals surface area contributed by atoms with Crippen molar-refractivity contribution < 1.29 is 4.79 Å². The van der Waals surface area contributed by atoms with Gasteiger partial charge in [-0.2, -0.15) is 0 Å². The van der Waals surface area contributed by atoms with Gasteiger partial charge >= 0.3 is 0 Å². The summed E-state index contributed by atoms with van der Waals surface area (Å²) in [6, 6.07) is 27.7. The van der Waals surface area contributed by atoms with E-state index in [2.05, 4.69) is 72.8 Å². The van der Waals surface area contributed by atoms with E-state index in [4.69, 9.17) is 0 Å². The van der Waals surface area contributed by atoms with Gasteiger partial charge in [-0.1, -0.05) is 78.9 Å². The fourth-order valence-corrected chi connectivity index (χ4v) is 4.07. The van der Waals surface area contributed by atoms with Crippen LogP contribution in [-0.4, -0.2) is 5.78 Å². The van der Waals surface area contributed by atoms with Gasteiger partial charge in [-0.3, -0.25) is 0 Å². The van der Waals surface area contributed by atoms with Crippen molar-refractivity contribution in [1.82, 2.24) is 0 Å². The zero-order valence-corrected chi connectivity index (χ0v) is 13.8. The van der Waals surface area contributed by atoms with Crippen LogP contribution in [0.3, 0.4) is 0 Å². The first kappa shape index (κ1) is 14.9. The Kier molecular flexibility index (Phi) is 3.78. The van der Waals surface area contributed by atoms with Crippen LogP contribution in [0.2, 0.25) is 0 Å². The minimum atomic E-state index is 0.175. The maximum absolute atomic E-state index is 12.0. The standard InChI is InChI=1S/C23H20O/c1-16(24)15-22(17-9-3-2-4-10-17)23-20-13-7-5-11-18(20)19-12-6-8-14-21(19)23/h2-14,22-23H,15H2,1H3/t22-/m1/s1. The summed E-state index contributed by atoms with van der Waals surface area (Å²) in [6.07, 6.45) is 0.567. The largest absolute Gasteiger partial charge is 0.300 e. The van der Waals surface area contributed by atoms with Crippen molar-refractivity contribution in [3.63, 3.8) is 0 Å². The smallest absolute Gasteiger partial charge is 0.130 e. The molecular weight excluding hydrogens is 292 g/mol. The van der Waals surface area contributed by atoms with E-state index in [1.54, 1.807) is 6.92 Å². The fourth-order valence-electron chi connectivity index (χ4n) is 4.07. The number of hydrogen-bond acceptors (Lipinski definition) is 1. The molecule has 4 rings (SSSR count). The highest BCUT2D eigenvalue weighted by Gasteiger charge is 2.35. The molecule has 0 spiro atoms. The van der Waals surface area contributed by atoms with E-state index in [1.165, 1.54) is 27.8 Å². The lowest BCUT2D eigenvalue weighted by molar-refractivity contribution is -0.117. The van der Waals surface area contributed by atoms with Crippen LogP contribution in [0.15, 0.2) is 78.9 Å².